The third-order valence-electron chi connectivity index (χ3n) is 6.65. The number of carboxylic acids is 3. The Morgan fingerprint density at radius 3 is 1.48 bits per heavy atom. The van der Waals surface area contributed by atoms with Crippen LogP contribution in [0.1, 0.15) is 64.7 Å². The lowest BCUT2D eigenvalue weighted by Gasteiger charge is -2.69. The molecule has 2 unspecified atom stereocenters. The first kappa shape index (κ1) is 16.3. The summed E-state index contributed by atoms with van der Waals surface area (Å²) in [7, 11) is 0. The molecule has 2 atom stereocenters. The van der Waals surface area contributed by atoms with Crippen LogP contribution in [0, 0.1) is 21.7 Å². The smallest absolute Gasteiger partial charge is 0.309 e. The zero-order valence-corrected chi connectivity index (χ0v) is 13.4. The van der Waals surface area contributed by atoms with Gasteiger partial charge in [-0.25, -0.2) is 0 Å². The van der Waals surface area contributed by atoms with Crippen molar-refractivity contribution in [1.29, 1.82) is 0 Å². The van der Waals surface area contributed by atoms with Crippen molar-refractivity contribution in [2.45, 2.75) is 64.7 Å². The second-order valence-electron chi connectivity index (χ2n) is 8.64. The molecular weight excluding hydrogens is 300 g/mol. The molecule has 4 fully saturated rings. The Morgan fingerprint density at radius 1 is 0.739 bits per heavy atom. The molecule has 0 saturated heterocycles. The van der Waals surface area contributed by atoms with Gasteiger partial charge in [-0.05, 0) is 54.8 Å². The van der Waals surface area contributed by atoms with Gasteiger partial charge < -0.3 is 15.3 Å². The van der Waals surface area contributed by atoms with Gasteiger partial charge in [0.2, 0.25) is 0 Å². The third kappa shape index (κ3) is 2.42. The van der Waals surface area contributed by atoms with E-state index in [4.69, 9.17) is 0 Å². The Kier molecular flexibility index (Phi) is 3.33. The monoisotopic (exact) mass is 324 g/mol. The Balaban J connectivity index is 2.10. The highest BCUT2D eigenvalue weighted by Crippen LogP contribution is 2.76. The number of rotatable bonds is 6. The fourth-order valence-electron chi connectivity index (χ4n) is 6.91. The highest BCUT2D eigenvalue weighted by Gasteiger charge is 2.70. The molecule has 4 saturated carbocycles. The standard InChI is InChI=1S/C17H24O6/c1-2-14-5-15(3-11(18)19)7-16(6-14,4-12(20)21)10-17(8-14,9-15)13(22)23/h2-10H2,1H3,(H,18,19)(H,20,21)(H,22,23). The summed E-state index contributed by atoms with van der Waals surface area (Å²) >= 11 is 0. The lowest BCUT2D eigenvalue weighted by Crippen LogP contribution is -2.63. The molecular formula is C17H24O6. The molecule has 0 aromatic carbocycles. The maximum Gasteiger partial charge on any atom is 0.309 e. The first-order chi connectivity index (χ1) is 10.6. The van der Waals surface area contributed by atoms with Gasteiger partial charge in [0.25, 0.3) is 0 Å². The van der Waals surface area contributed by atoms with Crippen LogP contribution >= 0.6 is 0 Å². The van der Waals surface area contributed by atoms with Crippen LogP contribution in [-0.2, 0) is 14.4 Å². The number of aliphatic carboxylic acids is 3. The molecule has 0 aromatic heterocycles. The summed E-state index contributed by atoms with van der Waals surface area (Å²) < 4.78 is 0. The lowest BCUT2D eigenvalue weighted by atomic mass is 9.34. The topological polar surface area (TPSA) is 112 Å². The summed E-state index contributed by atoms with van der Waals surface area (Å²) in [6, 6.07) is 0. The minimum atomic E-state index is -0.949. The van der Waals surface area contributed by atoms with Crippen molar-refractivity contribution in [3.8, 4) is 0 Å². The Morgan fingerprint density at radius 2 is 1.13 bits per heavy atom. The van der Waals surface area contributed by atoms with Crippen molar-refractivity contribution in [2.24, 2.45) is 21.7 Å². The van der Waals surface area contributed by atoms with E-state index in [-0.39, 0.29) is 18.3 Å². The van der Waals surface area contributed by atoms with Crippen molar-refractivity contribution in [1.82, 2.24) is 0 Å². The van der Waals surface area contributed by atoms with Gasteiger partial charge in [0.05, 0.1) is 18.3 Å². The summed E-state index contributed by atoms with van der Waals surface area (Å²) in [5, 5.41) is 28.6. The molecule has 4 rings (SSSR count). The number of hydrogen-bond acceptors (Lipinski definition) is 3. The van der Waals surface area contributed by atoms with Gasteiger partial charge in [0, 0.05) is 0 Å². The Bertz CT molecular complexity index is 548. The van der Waals surface area contributed by atoms with Crippen LogP contribution in [0.4, 0.5) is 0 Å². The summed E-state index contributed by atoms with van der Waals surface area (Å²) in [5.74, 6) is -2.70. The first-order valence-corrected chi connectivity index (χ1v) is 8.25. The van der Waals surface area contributed by atoms with Crippen molar-refractivity contribution < 1.29 is 29.7 Å². The largest absolute Gasteiger partial charge is 0.481 e. The lowest BCUT2D eigenvalue weighted by molar-refractivity contribution is -0.221. The van der Waals surface area contributed by atoms with Crippen LogP contribution in [0.2, 0.25) is 0 Å². The molecule has 6 nitrogen and oxygen atoms in total. The van der Waals surface area contributed by atoms with Crippen LogP contribution in [0.5, 0.6) is 0 Å². The molecule has 4 aliphatic rings. The van der Waals surface area contributed by atoms with E-state index >= 15 is 0 Å². The van der Waals surface area contributed by atoms with Crippen LogP contribution in [-0.4, -0.2) is 33.2 Å². The minimum Gasteiger partial charge on any atom is -0.481 e. The van der Waals surface area contributed by atoms with Gasteiger partial charge in [0.15, 0.2) is 0 Å². The summed E-state index contributed by atoms with van der Waals surface area (Å²) in [6.07, 6.45) is 3.99. The summed E-state index contributed by atoms with van der Waals surface area (Å²) in [5.41, 5.74) is -2.30. The Labute approximate surface area is 134 Å². The van der Waals surface area contributed by atoms with E-state index in [0.717, 1.165) is 19.3 Å². The number of hydrogen-bond donors (Lipinski definition) is 3. The van der Waals surface area contributed by atoms with Gasteiger partial charge in [-0.2, -0.15) is 0 Å². The normalized spacial score (nSPS) is 44.2. The summed E-state index contributed by atoms with van der Waals surface area (Å²) in [6.45, 7) is 2.02. The van der Waals surface area contributed by atoms with Crippen LogP contribution < -0.4 is 0 Å². The molecule has 0 spiro atoms. The number of carboxylic acid groups (broad SMARTS) is 3. The predicted octanol–water partition coefficient (Wildman–Crippen LogP) is 2.76. The highest BCUT2D eigenvalue weighted by atomic mass is 16.4. The van der Waals surface area contributed by atoms with E-state index in [2.05, 4.69) is 0 Å². The maximum atomic E-state index is 12.1. The molecule has 128 valence electrons. The molecule has 23 heavy (non-hydrogen) atoms. The molecule has 6 heteroatoms. The first-order valence-electron chi connectivity index (χ1n) is 8.25. The van der Waals surface area contributed by atoms with Crippen molar-refractivity contribution >= 4 is 17.9 Å². The van der Waals surface area contributed by atoms with Crippen molar-refractivity contribution in [2.75, 3.05) is 0 Å². The van der Waals surface area contributed by atoms with Gasteiger partial charge in [-0.3, -0.25) is 14.4 Å². The van der Waals surface area contributed by atoms with E-state index in [0.29, 0.717) is 25.7 Å². The molecule has 0 heterocycles. The van der Waals surface area contributed by atoms with Crippen molar-refractivity contribution in [3.05, 3.63) is 0 Å². The zero-order valence-electron chi connectivity index (χ0n) is 13.4. The average molecular weight is 324 g/mol. The van der Waals surface area contributed by atoms with E-state index in [1.54, 1.807) is 0 Å². The van der Waals surface area contributed by atoms with Gasteiger partial charge in [-0.1, -0.05) is 13.3 Å². The fourth-order valence-corrected chi connectivity index (χ4v) is 6.91. The second kappa shape index (κ2) is 4.71. The fraction of sp³-hybridized carbons (Fsp3) is 0.824. The molecule has 0 amide bonds. The van der Waals surface area contributed by atoms with E-state index < -0.39 is 34.2 Å². The molecule has 4 bridgehead atoms. The van der Waals surface area contributed by atoms with Gasteiger partial charge in [-0.15, -0.1) is 0 Å². The van der Waals surface area contributed by atoms with E-state index in [1.165, 1.54) is 0 Å². The van der Waals surface area contributed by atoms with Gasteiger partial charge >= 0.3 is 17.9 Å². The van der Waals surface area contributed by atoms with Crippen LogP contribution in [0.3, 0.4) is 0 Å². The maximum absolute atomic E-state index is 12.1. The van der Waals surface area contributed by atoms with E-state index in [9.17, 15) is 29.7 Å². The second-order valence-corrected chi connectivity index (χ2v) is 8.64. The number of carbonyl (C=O) groups is 3. The average Bonchev–Trinajstić information content (AvgIpc) is 2.33. The molecule has 0 aromatic rings. The predicted molar refractivity (Wildman–Crippen MR) is 79.9 cm³/mol. The zero-order chi connectivity index (χ0) is 17.1. The van der Waals surface area contributed by atoms with Crippen molar-refractivity contribution in [3.63, 3.8) is 0 Å². The van der Waals surface area contributed by atoms with Crippen LogP contribution in [0.15, 0.2) is 0 Å². The molecule has 0 radical (unpaired) electrons. The molecule has 0 aliphatic heterocycles. The quantitative estimate of drug-likeness (QED) is 0.692. The molecule has 4 aliphatic carbocycles. The van der Waals surface area contributed by atoms with Gasteiger partial charge in [0.1, 0.15) is 0 Å². The minimum absolute atomic E-state index is 0.0504. The van der Waals surface area contributed by atoms with Crippen LogP contribution in [0.25, 0.3) is 0 Å². The third-order valence-corrected chi connectivity index (χ3v) is 6.65. The summed E-state index contributed by atoms with van der Waals surface area (Å²) in [4.78, 5) is 34.9. The SMILES string of the molecule is CCC12CC3(CC(=O)O)CC(CC(=O)O)(C1)CC(C(=O)O)(C2)C3. The highest BCUT2D eigenvalue weighted by molar-refractivity contribution is 5.77. The Hall–Kier alpha value is -1.59. The molecule has 3 N–H and O–H groups in total. The van der Waals surface area contributed by atoms with E-state index in [1.807, 2.05) is 6.92 Å².